The summed E-state index contributed by atoms with van der Waals surface area (Å²) in [6.45, 7) is 4.37. The summed E-state index contributed by atoms with van der Waals surface area (Å²) >= 11 is 0. The van der Waals surface area contributed by atoms with Gasteiger partial charge < -0.3 is 4.79 Å². The first-order valence-electron chi connectivity index (χ1n) is 5.72. The summed E-state index contributed by atoms with van der Waals surface area (Å²) in [7, 11) is 0. The Bertz CT molecular complexity index is 291. The predicted molar refractivity (Wildman–Crippen MR) is 64.0 cm³/mol. The van der Waals surface area contributed by atoms with Crippen molar-refractivity contribution in [2.24, 2.45) is 0 Å². The SMILES string of the molecule is CCCCC(C)(CC=O)c1ccccc1. The molecule has 82 valence electrons. The van der Waals surface area contributed by atoms with Crippen molar-refractivity contribution in [2.45, 2.75) is 44.9 Å². The van der Waals surface area contributed by atoms with E-state index in [4.69, 9.17) is 0 Å². The van der Waals surface area contributed by atoms with Gasteiger partial charge in [-0.25, -0.2) is 0 Å². The van der Waals surface area contributed by atoms with E-state index in [0.29, 0.717) is 6.42 Å². The quantitative estimate of drug-likeness (QED) is 0.645. The van der Waals surface area contributed by atoms with E-state index in [1.165, 1.54) is 18.4 Å². The second kappa shape index (κ2) is 5.69. The zero-order chi connectivity index (χ0) is 11.1. The highest BCUT2D eigenvalue weighted by Crippen LogP contribution is 2.32. The molecule has 0 aliphatic carbocycles. The minimum absolute atomic E-state index is 0.0268. The molecule has 1 unspecified atom stereocenters. The van der Waals surface area contributed by atoms with Crippen molar-refractivity contribution in [1.82, 2.24) is 0 Å². The van der Waals surface area contributed by atoms with Crippen molar-refractivity contribution >= 4 is 6.29 Å². The van der Waals surface area contributed by atoms with E-state index in [1.54, 1.807) is 0 Å². The second-order valence-corrected chi connectivity index (χ2v) is 4.40. The number of unbranched alkanes of at least 4 members (excludes halogenated alkanes) is 1. The van der Waals surface area contributed by atoms with E-state index in [2.05, 4.69) is 26.0 Å². The lowest BCUT2D eigenvalue weighted by Crippen LogP contribution is -2.22. The summed E-state index contributed by atoms with van der Waals surface area (Å²) in [5.74, 6) is 0. The molecule has 1 rings (SSSR count). The Morgan fingerprint density at radius 2 is 1.93 bits per heavy atom. The van der Waals surface area contributed by atoms with Crippen LogP contribution in [0.1, 0.15) is 45.1 Å². The molecular weight excluding hydrogens is 184 g/mol. The standard InChI is InChI=1S/C14H20O/c1-3-4-10-14(2,11-12-15)13-8-6-5-7-9-13/h5-9,12H,3-4,10-11H2,1-2H3. The first-order chi connectivity index (χ1) is 7.23. The molecule has 0 saturated heterocycles. The van der Waals surface area contributed by atoms with Crippen LogP contribution in [0.5, 0.6) is 0 Å². The Hall–Kier alpha value is -1.11. The van der Waals surface area contributed by atoms with Gasteiger partial charge in [0, 0.05) is 6.42 Å². The lowest BCUT2D eigenvalue weighted by Gasteiger charge is -2.28. The van der Waals surface area contributed by atoms with Gasteiger partial charge in [0.1, 0.15) is 6.29 Å². The number of benzene rings is 1. The summed E-state index contributed by atoms with van der Waals surface area (Å²) in [6, 6.07) is 10.4. The first kappa shape index (κ1) is 12.0. The van der Waals surface area contributed by atoms with Crippen LogP contribution in [0.2, 0.25) is 0 Å². The van der Waals surface area contributed by atoms with Crippen LogP contribution in [0.15, 0.2) is 30.3 Å². The number of carbonyl (C=O) groups excluding carboxylic acids is 1. The Kier molecular flexibility index (Phi) is 4.54. The number of carbonyl (C=O) groups is 1. The highest BCUT2D eigenvalue weighted by Gasteiger charge is 2.24. The Balaban J connectivity index is 2.85. The molecule has 0 amide bonds. The van der Waals surface area contributed by atoms with E-state index in [9.17, 15) is 4.79 Å². The zero-order valence-corrected chi connectivity index (χ0v) is 9.70. The predicted octanol–water partition coefficient (Wildman–Crippen LogP) is 3.72. The molecular formula is C14H20O. The molecule has 0 aromatic heterocycles. The molecule has 0 spiro atoms. The highest BCUT2D eigenvalue weighted by molar-refractivity contribution is 5.53. The topological polar surface area (TPSA) is 17.1 Å². The molecule has 0 heterocycles. The van der Waals surface area contributed by atoms with Gasteiger partial charge in [-0.1, -0.05) is 57.0 Å². The molecule has 1 heteroatoms. The van der Waals surface area contributed by atoms with Crippen molar-refractivity contribution in [3.05, 3.63) is 35.9 Å². The van der Waals surface area contributed by atoms with Gasteiger partial charge in [-0.05, 0) is 17.4 Å². The Labute approximate surface area is 92.5 Å². The Morgan fingerprint density at radius 1 is 1.27 bits per heavy atom. The molecule has 0 bridgehead atoms. The minimum Gasteiger partial charge on any atom is -0.303 e. The van der Waals surface area contributed by atoms with Crippen LogP contribution in [0.4, 0.5) is 0 Å². The fourth-order valence-electron chi connectivity index (χ4n) is 1.96. The number of hydrogen-bond donors (Lipinski definition) is 0. The third-order valence-corrected chi connectivity index (χ3v) is 3.09. The zero-order valence-electron chi connectivity index (χ0n) is 9.70. The van der Waals surface area contributed by atoms with Crippen LogP contribution in [0.3, 0.4) is 0 Å². The van der Waals surface area contributed by atoms with Crippen molar-refractivity contribution in [3.8, 4) is 0 Å². The summed E-state index contributed by atoms with van der Waals surface area (Å²) in [6.07, 6.45) is 5.12. The molecule has 0 N–H and O–H groups in total. The third-order valence-electron chi connectivity index (χ3n) is 3.09. The van der Waals surface area contributed by atoms with Crippen LogP contribution >= 0.6 is 0 Å². The van der Waals surface area contributed by atoms with Gasteiger partial charge in [-0.3, -0.25) is 0 Å². The average molecular weight is 204 g/mol. The first-order valence-corrected chi connectivity index (χ1v) is 5.72. The van der Waals surface area contributed by atoms with Gasteiger partial charge in [-0.15, -0.1) is 0 Å². The fraction of sp³-hybridized carbons (Fsp3) is 0.500. The molecule has 1 aromatic carbocycles. The average Bonchev–Trinajstić information content (AvgIpc) is 2.28. The summed E-state index contributed by atoms with van der Waals surface area (Å²) in [5, 5.41) is 0. The molecule has 0 saturated carbocycles. The van der Waals surface area contributed by atoms with Crippen molar-refractivity contribution in [1.29, 1.82) is 0 Å². The normalized spacial score (nSPS) is 14.5. The summed E-state index contributed by atoms with van der Waals surface area (Å²) in [4.78, 5) is 10.8. The van der Waals surface area contributed by atoms with Gasteiger partial charge in [0.15, 0.2) is 0 Å². The van der Waals surface area contributed by atoms with Gasteiger partial charge in [-0.2, -0.15) is 0 Å². The van der Waals surface area contributed by atoms with Crippen molar-refractivity contribution in [2.75, 3.05) is 0 Å². The van der Waals surface area contributed by atoms with Crippen molar-refractivity contribution in [3.63, 3.8) is 0 Å². The fourth-order valence-corrected chi connectivity index (χ4v) is 1.96. The molecule has 15 heavy (non-hydrogen) atoms. The summed E-state index contributed by atoms with van der Waals surface area (Å²) < 4.78 is 0. The second-order valence-electron chi connectivity index (χ2n) is 4.40. The van der Waals surface area contributed by atoms with Crippen molar-refractivity contribution < 1.29 is 4.79 Å². The van der Waals surface area contributed by atoms with Gasteiger partial charge in [0.25, 0.3) is 0 Å². The van der Waals surface area contributed by atoms with E-state index in [-0.39, 0.29) is 5.41 Å². The minimum atomic E-state index is 0.0268. The molecule has 1 aromatic rings. The number of rotatable bonds is 6. The molecule has 0 radical (unpaired) electrons. The van der Waals surface area contributed by atoms with Crippen LogP contribution in [0, 0.1) is 0 Å². The van der Waals surface area contributed by atoms with Crippen LogP contribution < -0.4 is 0 Å². The lowest BCUT2D eigenvalue weighted by molar-refractivity contribution is -0.108. The van der Waals surface area contributed by atoms with E-state index in [0.717, 1.165) is 12.7 Å². The maximum absolute atomic E-state index is 10.8. The number of aldehydes is 1. The van der Waals surface area contributed by atoms with Gasteiger partial charge in [0.05, 0.1) is 0 Å². The maximum Gasteiger partial charge on any atom is 0.120 e. The van der Waals surface area contributed by atoms with Gasteiger partial charge >= 0.3 is 0 Å². The maximum atomic E-state index is 10.8. The smallest absolute Gasteiger partial charge is 0.120 e. The summed E-state index contributed by atoms with van der Waals surface area (Å²) in [5.41, 5.74) is 1.31. The van der Waals surface area contributed by atoms with Crippen LogP contribution in [0.25, 0.3) is 0 Å². The number of hydrogen-bond acceptors (Lipinski definition) is 1. The molecule has 0 aliphatic rings. The Morgan fingerprint density at radius 3 is 2.47 bits per heavy atom. The van der Waals surface area contributed by atoms with Crippen LogP contribution in [-0.2, 0) is 10.2 Å². The van der Waals surface area contributed by atoms with E-state index >= 15 is 0 Å². The molecule has 1 nitrogen and oxygen atoms in total. The molecule has 0 fully saturated rings. The van der Waals surface area contributed by atoms with Crippen LogP contribution in [-0.4, -0.2) is 6.29 Å². The molecule has 1 atom stereocenters. The third kappa shape index (κ3) is 3.19. The van der Waals surface area contributed by atoms with E-state index < -0.39 is 0 Å². The monoisotopic (exact) mass is 204 g/mol. The lowest BCUT2D eigenvalue weighted by atomic mass is 9.76. The van der Waals surface area contributed by atoms with E-state index in [1.807, 2.05) is 18.2 Å². The molecule has 0 aliphatic heterocycles. The highest BCUT2D eigenvalue weighted by atomic mass is 16.1. The largest absolute Gasteiger partial charge is 0.303 e. The van der Waals surface area contributed by atoms with Gasteiger partial charge in [0.2, 0.25) is 0 Å².